The highest BCUT2D eigenvalue weighted by molar-refractivity contribution is 8.06. The van der Waals surface area contributed by atoms with Gasteiger partial charge in [0.15, 0.2) is 5.78 Å². The van der Waals surface area contributed by atoms with Crippen LogP contribution < -0.4 is 5.32 Å². The van der Waals surface area contributed by atoms with E-state index in [-0.39, 0.29) is 26.1 Å². The van der Waals surface area contributed by atoms with Crippen LogP contribution in [0.4, 0.5) is 17.3 Å². The van der Waals surface area contributed by atoms with E-state index in [1.54, 1.807) is 23.5 Å². The number of hydrogen-bond donors (Lipinski definition) is 1. The number of allylic oxidation sites excluding steroid dienone is 8. The first kappa shape index (κ1) is 42.8. The highest BCUT2D eigenvalue weighted by Crippen LogP contribution is 2.49. The van der Waals surface area contributed by atoms with Gasteiger partial charge in [0.2, 0.25) is 0 Å². The van der Waals surface area contributed by atoms with E-state index < -0.39 is 7.25 Å². The largest absolute Gasteiger partial charge is 0.673 e. The molecule has 0 saturated carbocycles. The predicted octanol–water partition coefficient (Wildman–Crippen LogP) is 13.2. The van der Waals surface area contributed by atoms with Crippen LogP contribution in [0, 0.1) is 10.8 Å². The van der Waals surface area contributed by atoms with Crippen molar-refractivity contribution in [1.82, 2.24) is 5.32 Å². The van der Waals surface area contributed by atoms with Crippen molar-refractivity contribution >= 4 is 54.4 Å². The summed E-state index contributed by atoms with van der Waals surface area (Å²) in [5.74, 6) is 0.0696. The molecule has 0 saturated heterocycles. The van der Waals surface area contributed by atoms with E-state index in [9.17, 15) is 22.1 Å². The Balaban J connectivity index is 0.00000131. The predicted molar refractivity (Wildman–Crippen MR) is 213 cm³/mol. The topological polar surface area (TPSA) is 40.4 Å². The fraction of sp³-hybridized carbons (Fsp3) is 0.450. The van der Waals surface area contributed by atoms with Gasteiger partial charge in [0, 0.05) is 27.2 Å². The van der Waals surface area contributed by atoms with Crippen LogP contribution in [0.5, 0.6) is 0 Å². The van der Waals surface area contributed by atoms with E-state index in [4.69, 9.17) is 4.42 Å². The highest BCUT2D eigenvalue weighted by Gasteiger charge is 2.35. The zero-order valence-electron chi connectivity index (χ0n) is 31.9. The third kappa shape index (κ3) is 14.7. The van der Waals surface area contributed by atoms with Crippen molar-refractivity contribution in [2.45, 2.75) is 109 Å². The molecular formula is C40H52BF4NO2S3. The van der Waals surface area contributed by atoms with E-state index in [1.807, 2.05) is 23.9 Å². The molecule has 1 aromatic heterocycles. The third-order valence-electron chi connectivity index (χ3n) is 7.09. The van der Waals surface area contributed by atoms with Crippen molar-refractivity contribution in [3.8, 4) is 0 Å². The lowest BCUT2D eigenvalue weighted by Crippen LogP contribution is -2.32. The maximum absolute atomic E-state index is 14.0. The Labute approximate surface area is 315 Å². The van der Waals surface area contributed by atoms with Crippen LogP contribution in [-0.4, -0.2) is 29.1 Å². The molecule has 4 rings (SSSR count). The second-order valence-electron chi connectivity index (χ2n) is 16.6. The van der Waals surface area contributed by atoms with Crippen molar-refractivity contribution in [3.05, 3.63) is 104 Å². The summed E-state index contributed by atoms with van der Waals surface area (Å²) >= 11 is 5.27. The number of nitrogens with one attached hydrogen (secondary N) is 1. The van der Waals surface area contributed by atoms with Gasteiger partial charge in [-0.2, -0.15) is 4.42 Å². The molecule has 51 heavy (non-hydrogen) atoms. The number of rotatable bonds is 8. The standard InChI is InChI=1S/C40H51NO2S3.BF4/c1-37(2,3)31-22-27(23-32(44-31)38(4,5)6)20-29-35(41-19-18-26-16-14-13-15-17-26)30(36(29)42)21-28-24-33(45-39(7,8)9)43-34(25-28)46-40(10,11)12;2-1(3,4)5/h13-17,20-25H,18-19H2,1-12H3;/q;-1/p+1/b30-21+;. The van der Waals surface area contributed by atoms with Gasteiger partial charge in [-0.3, -0.25) is 4.79 Å². The molecule has 0 spiro atoms. The second-order valence-corrected chi connectivity index (χ2v) is 21.3. The van der Waals surface area contributed by atoms with Crippen LogP contribution >= 0.6 is 35.3 Å². The van der Waals surface area contributed by atoms with Crippen molar-refractivity contribution in [2.75, 3.05) is 6.54 Å². The van der Waals surface area contributed by atoms with Crippen LogP contribution in [0.15, 0.2) is 108 Å². The number of benzene rings is 1. The van der Waals surface area contributed by atoms with Gasteiger partial charge < -0.3 is 22.6 Å². The normalized spacial score (nSPS) is 16.7. The monoisotopic (exact) mass is 761 g/mol. The average Bonchev–Trinajstić information content (AvgIpc) is 2.94. The molecule has 0 bridgehead atoms. The highest BCUT2D eigenvalue weighted by atomic mass is 32.2. The molecule has 2 aliphatic rings. The number of carbonyl (C=O) groups is 1. The van der Waals surface area contributed by atoms with Crippen molar-refractivity contribution in [2.24, 2.45) is 10.8 Å². The fourth-order valence-electron chi connectivity index (χ4n) is 4.83. The van der Waals surface area contributed by atoms with Gasteiger partial charge in [-0.05, 0) is 91.6 Å². The third-order valence-corrected chi connectivity index (χ3v) is 11.0. The van der Waals surface area contributed by atoms with E-state index in [0.717, 1.165) is 51.1 Å². The number of thioether (sulfide) groups is 3. The Morgan fingerprint density at radius 3 is 1.67 bits per heavy atom. The zero-order chi connectivity index (χ0) is 38.6. The SMILES string of the molecule is CC(C)(C)Sc1cc(/C=C2/C(=O)C(C=C3C=C(C(C)(C)C)SC(C(C)(C)C)=C3)=C2NCCc2ccccc2)cc(SC(C)(C)C)[o+]1.F[B-](F)(F)F. The molecule has 0 amide bonds. The molecule has 11 heteroatoms. The van der Waals surface area contributed by atoms with E-state index in [1.165, 1.54) is 15.4 Å². The molecule has 1 N–H and O–H groups in total. The molecule has 0 unspecified atom stereocenters. The van der Waals surface area contributed by atoms with E-state index in [0.29, 0.717) is 0 Å². The van der Waals surface area contributed by atoms with Gasteiger partial charge in [-0.15, -0.1) is 0 Å². The van der Waals surface area contributed by atoms with Gasteiger partial charge in [0.1, 0.15) is 0 Å². The molecule has 2 aromatic rings. The molecule has 1 aliphatic heterocycles. The van der Waals surface area contributed by atoms with Crippen LogP contribution in [0.25, 0.3) is 6.08 Å². The minimum absolute atomic E-state index is 0.00817. The van der Waals surface area contributed by atoms with Gasteiger partial charge in [-0.1, -0.05) is 125 Å². The van der Waals surface area contributed by atoms with Gasteiger partial charge in [0.05, 0.1) is 17.8 Å². The Kier molecular flexibility index (Phi) is 13.9. The summed E-state index contributed by atoms with van der Waals surface area (Å²) < 4.78 is 45.3. The van der Waals surface area contributed by atoms with Crippen LogP contribution in [-0.2, 0) is 11.2 Å². The van der Waals surface area contributed by atoms with Crippen LogP contribution in [0.2, 0.25) is 0 Å². The Hall–Kier alpha value is -2.63. The zero-order valence-corrected chi connectivity index (χ0v) is 34.3. The number of hydrogen-bond acceptors (Lipinski definition) is 5. The maximum atomic E-state index is 14.0. The average molecular weight is 762 g/mol. The Bertz CT molecular complexity index is 1660. The summed E-state index contributed by atoms with van der Waals surface area (Å²) in [4.78, 5) is 16.6. The smallest absolute Gasteiger partial charge is 0.418 e. The summed E-state index contributed by atoms with van der Waals surface area (Å²) in [6, 6.07) is 14.6. The fourth-order valence-corrected chi connectivity index (χ4v) is 7.99. The number of carbonyl (C=O) groups excluding carboxylic acids is 1. The summed E-state index contributed by atoms with van der Waals surface area (Å²) in [6.07, 6.45) is 9.51. The molecule has 1 aliphatic carbocycles. The molecule has 0 radical (unpaired) electrons. The molecule has 0 atom stereocenters. The van der Waals surface area contributed by atoms with Crippen molar-refractivity contribution in [3.63, 3.8) is 0 Å². The lowest BCUT2D eigenvalue weighted by atomic mass is 9.83. The summed E-state index contributed by atoms with van der Waals surface area (Å²) in [7, 11) is -6.00. The van der Waals surface area contributed by atoms with Crippen molar-refractivity contribution in [1.29, 1.82) is 0 Å². The lowest BCUT2D eigenvalue weighted by Gasteiger charge is -2.32. The lowest BCUT2D eigenvalue weighted by molar-refractivity contribution is -0.112. The summed E-state index contributed by atoms with van der Waals surface area (Å²) in [6.45, 7) is 27.4. The van der Waals surface area contributed by atoms with E-state index >= 15 is 0 Å². The quantitative estimate of drug-likeness (QED) is 0.0950. The van der Waals surface area contributed by atoms with Gasteiger partial charge in [0.25, 0.3) is 0 Å². The molecular weight excluding hydrogens is 709 g/mol. The minimum Gasteiger partial charge on any atom is -0.418 e. The first-order chi connectivity index (χ1) is 23.2. The second kappa shape index (κ2) is 16.6. The first-order valence-electron chi connectivity index (χ1n) is 17.0. The number of halogens is 4. The molecule has 3 nitrogen and oxygen atoms in total. The van der Waals surface area contributed by atoms with Crippen LogP contribution in [0.3, 0.4) is 0 Å². The van der Waals surface area contributed by atoms with Crippen molar-refractivity contribution < 1.29 is 26.5 Å². The minimum atomic E-state index is -6.00. The number of ketones is 1. The summed E-state index contributed by atoms with van der Waals surface area (Å²) in [5, 5.41) is 5.37. The first-order valence-corrected chi connectivity index (χ1v) is 19.5. The molecule has 1 aromatic carbocycles. The number of Topliss-reactive ketones (excluding diaryl/α,β-unsaturated/α-hetero) is 1. The Morgan fingerprint density at radius 1 is 0.765 bits per heavy atom. The van der Waals surface area contributed by atoms with E-state index in [2.05, 4.69) is 143 Å². The van der Waals surface area contributed by atoms with Gasteiger partial charge in [-0.25, -0.2) is 0 Å². The molecule has 2 heterocycles. The molecule has 278 valence electrons. The van der Waals surface area contributed by atoms with Crippen LogP contribution in [0.1, 0.15) is 94.2 Å². The maximum Gasteiger partial charge on any atom is 0.673 e. The summed E-state index contributed by atoms with van der Waals surface area (Å²) in [5.41, 5.74) is 5.71. The van der Waals surface area contributed by atoms with Gasteiger partial charge >= 0.3 is 17.4 Å². The molecule has 0 fully saturated rings. The Morgan fingerprint density at radius 2 is 1.24 bits per heavy atom.